The summed E-state index contributed by atoms with van der Waals surface area (Å²) in [6.45, 7) is 1.93. The first-order valence-corrected chi connectivity index (χ1v) is 8.74. The van der Waals surface area contributed by atoms with Gasteiger partial charge in [0.25, 0.3) is 0 Å². The Balaban J connectivity index is 1.77. The van der Waals surface area contributed by atoms with Crippen molar-refractivity contribution in [1.82, 2.24) is 0 Å². The average Bonchev–Trinajstić information content (AvgIpc) is 2.72. The van der Waals surface area contributed by atoms with Gasteiger partial charge in [-0.05, 0) is 36.6 Å². The van der Waals surface area contributed by atoms with Gasteiger partial charge in [-0.15, -0.1) is 0 Å². The molecule has 0 saturated carbocycles. The molecule has 26 heavy (non-hydrogen) atoms. The lowest BCUT2D eigenvalue weighted by Gasteiger charge is -2.16. The second-order valence-corrected chi connectivity index (χ2v) is 6.13. The third-order valence-corrected chi connectivity index (χ3v) is 4.28. The number of hydrogen-bond acceptors (Lipinski definition) is 4. The van der Waals surface area contributed by atoms with Gasteiger partial charge in [-0.3, -0.25) is 0 Å². The van der Waals surface area contributed by atoms with Crippen molar-refractivity contribution in [1.29, 1.82) is 0 Å². The van der Waals surface area contributed by atoms with Gasteiger partial charge in [0.2, 0.25) is 0 Å². The molecule has 1 heterocycles. The van der Waals surface area contributed by atoms with E-state index >= 15 is 0 Å². The molecule has 4 nitrogen and oxygen atoms in total. The molecule has 2 aromatic carbocycles. The van der Waals surface area contributed by atoms with Gasteiger partial charge in [-0.2, -0.15) is 0 Å². The van der Waals surface area contributed by atoms with Crippen LogP contribution in [0.25, 0.3) is 0 Å². The third kappa shape index (κ3) is 4.87. The summed E-state index contributed by atoms with van der Waals surface area (Å²) in [5, 5.41) is 0. The first-order valence-electron chi connectivity index (χ1n) is 8.74. The predicted molar refractivity (Wildman–Crippen MR) is 99.0 cm³/mol. The summed E-state index contributed by atoms with van der Waals surface area (Å²) in [7, 11) is 1.37. The molecule has 0 radical (unpaired) electrons. The van der Waals surface area contributed by atoms with Gasteiger partial charge in [-0.1, -0.05) is 42.2 Å². The molecule has 0 N–H and O–H groups in total. The largest absolute Gasteiger partial charge is 0.489 e. The maximum Gasteiger partial charge on any atom is 0.339 e. The van der Waals surface area contributed by atoms with E-state index in [1.54, 1.807) is 6.07 Å². The normalized spacial score (nSPS) is 14.2. The van der Waals surface area contributed by atoms with Crippen LogP contribution in [-0.4, -0.2) is 26.3 Å². The van der Waals surface area contributed by atoms with Gasteiger partial charge in [0.15, 0.2) is 0 Å². The molecule has 1 saturated heterocycles. The molecule has 2 aromatic rings. The van der Waals surface area contributed by atoms with E-state index in [-0.39, 0.29) is 0 Å². The minimum atomic E-state index is -0.411. The summed E-state index contributed by atoms with van der Waals surface area (Å²) < 4.78 is 16.1. The number of carbonyl (C=O) groups excluding carboxylic acids is 1. The van der Waals surface area contributed by atoms with Crippen molar-refractivity contribution in [3.05, 3.63) is 65.2 Å². The number of esters is 1. The number of hydrogen-bond donors (Lipinski definition) is 0. The maximum absolute atomic E-state index is 12.1. The number of rotatable bonds is 4. The second-order valence-electron chi connectivity index (χ2n) is 6.13. The highest BCUT2D eigenvalue weighted by molar-refractivity contribution is 5.92. The van der Waals surface area contributed by atoms with Crippen molar-refractivity contribution in [3.63, 3.8) is 0 Å². The van der Waals surface area contributed by atoms with Crippen molar-refractivity contribution in [3.8, 4) is 17.6 Å². The van der Waals surface area contributed by atoms with Crippen molar-refractivity contribution >= 4 is 5.97 Å². The van der Waals surface area contributed by atoms with Crippen LogP contribution in [0.1, 0.15) is 34.3 Å². The number of ether oxygens (including phenoxy) is 3. The van der Waals surface area contributed by atoms with Crippen LogP contribution in [0, 0.1) is 17.8 Å². The SMILES string of the molecule is COC(=O)c1cc(OCc2ccccc2)ccc1C#CC1CCOCC1. The standard InChI is InChI=1S/C22H22O4/c1-24-22(23)21-15-20(26-16-18-5-3-2-4-6-18)10-9-19(21)8-7-17-11-13-25-14-12-17/h2-6,9-10,15,17H,11-14,16H2,1H3. The van der Waals surface area contributed by atoms with Crippen LogP contribution < -0.4 is 4.74 Å². The number of carbonyl (C=O) groups is 1. The van der Waals surface area contributed by atoms with Crippen LogP contribution >= 0.6 is 0 Å². The van der Waals surface area contributed by atoms with Gasteiger partial charge in [0, 0.05) is 24.7 Å². The summed E-state index contributed by atoms with van der Waals surface area (Å²) in [6.07, 6.45) is 1.86. The quantitative estimate of drug-likeness (QED) is 0.621. The van der Waals surface area contributed by atoms with Gasteiger partial charge in [0.05, 0.1) is 12.7 Å². The molecule has 0 unspecified atom stereocenters. The second kappa shape index (κ2) is 9.07. The third-order valence-electron chi connectivity index (χ3n) is 4.28. The van der Waals surface area contributed by atoms with Crippen LogP contribution in [0.2, 0.25) is 0 Å². The molecule has 0 aliphatic carbocycles. The average molecular weight is 350 g/mol. The molecular weight excluding hydrogens is 328 g/mol. The zero-order valence-corrected chi connectivity index (χ0v) is 14.9. The van der Waals surface area contributed by atoms with Crippen LogP contribution in [-0.2, 0) is 16.1 Å². The van der Waals surface area contributed by atoms with Crippen LogP contribution in [0.3, 0.4) is 0 Å². The molecule has 0 bridgehead atoms. The van der Waals surface area contributed by atoms with E-state index in [4.69, 9.17) is 14.2 Å². The van der Waals surface area contributed by atoms with Crippen molar-refractivity contribution in [2.45, 2.75) is 19.4 Å². The van der Waals surface area contributed by atoms with Crippen molar-refractivity contribution in [2.24, 2.45) is 5.92 Å². The van der Waals surface area contributed by atoms with Gasteiger partial charge < -0.3 is 14.2 Å². The molecule has 1 aliphatic heterocycles. The van der Waals surface area contributed by atoms with Gasteiger partial charge in [-0.25, -0.2) is 4.79 Å². The fourth-order valence-corrected chi connectivity index (χ4v) is 2.76. The summed E-state index contributed by atoms with van der Waals surface area (Å²) in [4.78, 5) is 12.1. The van der Waals surface area contributed by atoms with Crippen LogP contribution in [0.5, 0.6) is 5.75 Å². The molecule has 0 atom stereocenters. The topological polar surface area (TPSA) is 44.8 Å². The lowest BCUT2D eigenvalue weighted by Crippen LogP contribution is -2.14. The van der Waals surface area contributed by atoms with E-state index in [0.717, 1.165) is 31.6 Å². The van der Waals surface area contributed by atoms with Crippen molar-refractivity contribution < 1.29 is 19.0 Å². The Hall–Kier alpha value is -2.77. The zero-order valence-electron chi connectivity index (χ0n) is 14.9. The van der Waals surface area contributed by atoms with E-state index in [0.29, 0.717) is 29.4 Å². The lowest BCUT2D eigenvalue weighted by molar-refractivity contribution is 0.0599. The van der Waals surface area contributed by atoms with E-state index in [2.05, 4.69) is 11.8 Å². The first kappa shape index (κ1) is 18.0. The summed E-state index contributed by atoms with van der Waals surface area (Å²) in [6, 6.07) is 15.2. The summed E-state index contributed by atoms with van der Waals surface area (Å²) in [5.74, 6) is 6.91. The fourth-order valence-electron chi connectivity index (χ4n) is 2.76. The Bertz CT molecular complexity index is 796. The molecule has 3 rings (SSSR count). The highest BCUT2D eigenvalue weighted by Crippen LogP contribution is 2.20. The highest BCUT2D eigenvalue weighted by atomic mass is 16.5. The maximum atomic E-state index is 12.1. The van der Waals surface area contributed by atoms with Crippen molar-refractivity contribution in [2.75, 3.05) is 20.3 Å². The Kier molecular flexibility index (Phi) is 6.29. The van der Waals surface area contributed by atoms with Gasteiger partial charge >= 0.3 is 5.97 Å². The molecule has 0 spiro atoms. The smallest absolute Gasteiger partial charge is 0.339 e. The van der Waals surface area contributed by atoms with E-state index in [1.165, 1.54) is 7.11 Å². The predicted octanol–water partition coefficient (Wildman–Crippen LogP) is 3.83. The number of methoxy groups -OCH3 is 1. The minimum absolute atomic E-state index is 0.309. The lowest BCUT2D eigenvalue weighted by atomic mass is 9.99. The van der Waals surface area contributed by atoms with Crippen LogP contribution in [0.15, 0.2) is 48.5 Å². The van der Waals surface area contributed by atoms with E-state index < -0.39 is 5.97 Å². The molecular formula is C22H22O4. The number of benzene rings is 2. The Labute approximate surface area is 154 Å². The molecule has 4 heteroatoms. The summed E-state index contributed by atoms with van der Waals surface area (Å²) in [5.41, 5.74) is 2.16. The van der Waals surface area contributed by atoms with Crippen LogP contribution in [0.4, 0.5) is 0 Å². The monoisotopic (exact) mass is 350 g/mol. The van der Waals surface area contributed by atoms with Gasteiger partial charge in [0.1, 0.15) is 12.4 Å². The molecule has 1 aliphatic rings. The molecule has 1 fully saturated rings. The Morgan fingerprint density at radius 2 is 1.92 bits per heavy atom. The minimum Gasteiger partial charge on any atom is -0.489 e. The molecule has 0 amide bonds. The molecule has 0 aromatic heterocycles. The summed E-state index contributed by atoms with van der Waals surface area (Å²) >= 11 is 0. The van der Waals surface area contributed by atoms with E-state index in [9.17, 15) is 4.79 Å². The molecule has 134 valence electrons. The Morgan fingerprint density at radius 1 is 1.15 bits per heavy atom. The fraction of sp³-hybridized carbons (Fsp3) is 0.318. The van der Waals surface area contributed by atoms with E-state index in [1.807, 2.05) is 42.5 Å². The first-order chi connectivity index (χ1) is 12.8. The Morgan fingerprint density at radius 3 is 2.65 bits per heavy atom. The zero-order chi connectivity index (χ0) is 18.2. The highest BCUT2D eigenvalue weighted by Gasteiger charge is 2.14.